The lowest BCUT2D eigenvalue weighted by Crippen LogP contribution is -2.59. The van der Waals surface area contributed by atoms with Crippen LogP contribution in [0, 0.1) is 0 Å². The number of thiophene rings is 1. The predicted octanol–water partition coefficient (Wildman–Crippen LogP) is 17.9. The van der Waals surface area contributed by atoms with Gasteiger partial charge >= 0.3 is 0 Å². The molecule has 2 aliphatic rings. The lowest BCUT2D eigenvalue weighted by atomic mass is 9.34. The molecule has 0 fully saturated rings. The van der Waals surface area contributed by atoms with Gasteiger partial charge in [-0.05, 0) is 141 Å². The van der Waals surface area contributed by atoms with E-state index >= 15 is 0 Å². The molecule has 76 heavy (non-hydrogen) atoms. The normalized spacial score (nSPS) is 13.6. The second-order valence-electron chi connectivity index (χ2n) is 24.8. The average Bonchev–Trinajstić information content (AvgIpc) is 4.13. The van der Waals surface area contributed by atoms with Crippen molar-refractivity contribution in [3.05, 3.63) is 192 Å². The molecule has 5 heterocycles. The van der Waals surface area contributed by atoms with E-state index in [1.54, 1.807) is 0 Å². The van der Waals surface area contributed by atoms with Crippen LogP contribution in [0.5, 0.6) is 11.5 Å². The number of rotatable bonds is 6. The fourth-order valence-corrected chi connectivity index (χ4v) is 14.0. The molecule has 0 spiro atoms. The summed E-state index contributed by atoms with van der Waals surface area (Å²) in [5.41, 5.74) is 19.6. The fraction of sp³-hybridized carbons (Fsp3) is 0.229. The third kappa shape index (κ3) is 7.09. The summed E-state index contributed by atoms with van der Waals surface area (Å²) in [6.07, 6.45) is 3.20. The molecule has 0 aliphatic carbocycles. The van der Waals surface area contributed by atoms with Gasteiger partial charge in [-0.1, -0.05) is 167 Å². The van der Waals surface area contributed by atoms with Gasteiger partial charge in [0.25, 0.3) is 6.71 Å². The molecule has 3 aromatic heterocycles. The molecule has 2 aliphatic heterocycles. The quantitative estimate of drug-likeness (QED) is 0.155. The van der Waals surface area contributed by atoms with Gasteiger partial charge in [-0.25, -0.2) is 0 Å². The number of nitrogens with zero attached hydrogens (tertiary/aromatic N) is 3. The van der Waals surface area contributed by atoms with Crippen molar-refractivity contribution in [1.29, 1.82) is 0 Å². The molecular weight excluding hydrogens is 942 g/mol. The molecule has 12 aromatic rings. The summed E-state index contributed by atoms with van der Waals surface area (Å²) in [6.45, 7) is 23.1. The lowest BCUT2D eigenvalue weighted by molar-refractivity contribution is 0.483. The SMILES string of the molecule is CCCCc1ccc2c(sc3ccccc32)c1N1c2cc(-n3c4ccccc4c4cc(C(C)(C)C)ccc43)ccc2B2c3ccc(-n4c5ccccc5c5cc(C(C)(C)C)ccc54)cc3Oc3cc(C(C)(C)C)cc1c32. The standard InChI is InChI=1S/C70H64BN3OS/c1-11-12-19-42-26-31-51-50-22-15-18-25-64(50)76-67(51)66(42)74-60-40-46(72-56-23-16-13-20-48(56)52-36-43(68(2,3)4)27-34-58(52)72)29-32-54(60)71-55-33-30-47(41-62(55)75-63-39-45(70(8,9)10)38-61(74)65(63)71)73-57-24-17-14-21-49(57)53-37-44(69(5,6)7)28-35-59(53)73/h13-18,20-41H,11-12,19H2,1-10H3. The Morgan fingerprint density at radius 1 is 0.461 bits per heavy atom. The van der Waals surface area contributed by atoms with Crippen molar-refractivity contribution in [3.8, 4) is 22.9 Å². The van der Waals surface area contributed by atoms with Gasteiger partial charge in [0.1, 0.15) is 11.5 Å². The van der Waals surface area contributed by atoms with Crippen molar-refractivity contribution < 1.29 is 4.74 Å². The fourth-order valence-electron chi connectivity index (χ4n) is 12.7. The first kappa shape index (κ1) is 47.0. The van der Waals surface area contributed by atoms with Gasteiger partial charge in [0.2, 0.25) is 0 Å². The molecule has 0 unspecified atom stereocenters. The van der Waals surface area contributed by atoms with Crippen molar-refractivity contribution in [3.63, 3.8) is 0 Å². The minimum Gasteiger partial charge on any atom is -0.458 e. The Kier molecular flexibility index (Phi) is 10.3. The van der Waals surface area contributed by atoms with E-state index in [0.29, 0.717) is 0 Å². The Bertz CT molecular complexity index is 4390. The Morgan fingerprint density at radius 3 is 1.64 bits per heavy atom. The Morgan fingerprint density at radius 2 is 1.03 bits per heavy atom. The number of ether oxygens (including phenoxy) is 1. The number of hydrogen-bond donors (Lipinski definition) is 0. The number of benzene rings is 9. The first-order valence-corrected chi connectivity index (χ1v) is 28.3. The molecule has 0 amide bonds. The maximum absolute atomic E-state index is 7.49. The number of aromatic nitrogens is 2. The van der Waals surface area contributed by atoms with Crippen LogP contribution in [0.1, 0.15) is 104 Å². The first-order chi connectivity index (χ1) is 36.5. The molecule has 14 rings (SSSR count). The summed E-state index contributed by atoms with van der Waals surface area (Å²) in [5, 5.41) is 7.70. The molecule has 0 atom stereocenters. The van der Waals surface area contributed by atoms with E-state index in [9.17, 15) is 0 Å². The number of fused-ring (bicyclic) bond motifs is 13. The zero-order valence-corrected chi connectivity index (χ0v) is 46.3. The van der Waals surface area contributed by atoms with Crippen LogP contribution in [-0.2, 0) is 22.7 Å². The van der Waals surface area contributed by atoms with Gasteiger partial charge < -0.3 is 18.8 Å². The summed E-state index contributed by atoms with van der Waals surface area (Å²) in [4.78, 5) is 2.68. The van der Waals surface area contributed by atoms with Gasteiger partial charge in [-0.15, -0.1) is 11.3 Å². The average molecular weight is 1010 g/mol. The molecule has 0 radical (unpaired) electrons. The Balaban J connectivity index is 1.06. The molecule has 374 valence electrons. The summed E-state index contributed by atoms with van der Waals surface area (Å²) in [5.74, 6) is 1.84. The van der Waals surface area contributed by atoms with Crippen molar-refractivity contribution in [2.75, 3.05) is 4.90 Å². The third-order valence-corrected chi connectivity index (χ3v) is 18.0. The third-order valence-electron chi connectivity index (χ3n) is 16.8. The van der Waals surface area contributed by atoms with Crippen molar-refractivity contribution in [2.24, 2.45) is 0 Å². The minimum atomic E-state index is -0.168. The van der Waals surface area contributed by atoms with E-state index in [-0.39, 0.29) is 23.0 Å². The van der Waals surface area contributed by atoms with Crippen LogP contribution in [-0.4, -0.2) is 15.8 Å². The maximum Gasteiger partial charge on any atom is 0.256 e. The molecule has 4 nitrogen and oxygen atoms in total. The maximum atomic E-state index is 7.49. The van der Waals surface area contributed by atoms with Crippen LogP contribution in [0.2, 0.25) is 0 Å². The largest absolute Gasteiger partial charge is 0.458 e. The second-order valence-corrected chi connectivity index (χ2v) is 25.9. The van der Waals surface area contributed by atoms with E-state index in [2.05, 4.69) is 253 Å². The zero-order valence-electron chi connectivity index (χ0n) is 45.5. The molecule has 0 bridgehead atoms. The lowest BCUT2D eigenvalue weighted by Gasteiger charge is -2.42. The molecule has 0 saturated heterocycles. The van der Waals surface area contributed by atoms with E-state index < -0.39 is 0 Å². The molecule has 0 saturated carbocycles. The van der Waals surface area contributed by atoms with Crippen LogP contribution in [0.3, 0.4) is 0 Å². The monoisotopic (exact) mass is 1010 g/mol. The van der Waals surface area contributed by atoms with Gasteiger partial charge in [-0.2, -0.15) is 0 Å². The molecule has 6 heteroatoms. The van der Waals surface area contributed by atoms with Crippen LogP contribution >= 0.6 is 11.3 Å². The molecule has 0 N–H and O–H groups in total. The minimum absolute atomic E-state index is 0.0192. The Hall–Kier alpha value is -7.54. The van der Waals surface area contributed by atoms with Crippen LogP contribution in [0.25, 0.3) is 75.2 Å². The van der Waals surface area contributed by atoms with Crippen LogP contribution in [0.4, 0.5) is 17.1 Å². The summed E-state index contributed by atoms with van der Waals surface area (Å²) in [7, 11) is 0. The summed E-state index contributed by atoms with van der Waals surface area (Å²) < 4.78 is 15.1. The van der Waals surface area contributed by atoms with Gasteiger partial charge in [0.05, 0.1) is 32.5 Å². The van der Waals surface area contributed by atoms with E-state index in [1.165, 1.54) is 119 Å². The second kappa shape index (κ2) is 16.7. The number of aryl methyl sites for hydroxylation is 1. The number of hydrogen-bond acceptors (Lipinski definition) is 3. The smallest absolute Gasteiger partial charge is 0.256 e. The summed E-state index contributed by atoms with van der Waals surface area (Å²) >= 11 is 1.93. The van der Waals surface area contributed by atoms with Gasteiger partial charge in [0, 0.05) is 65.8 Å². The van der Waals surface area contributed by atoms with E-state index in [0.717, 1.165) is 42.1 Å². The van der Waals surface area contributed by atoms with Crippen molar-refractivity contribution in [2.45, 2.75) is 105 Å². The highest BCUT2D eigenvalue weighted by molar-refractivity contribution is 7.26. The summed E-state index contributed by atoms with van der Waals surface area (Å²) in [6, 6.07) is 65.1. The Labute approximate surface area is 451 Å². The first-order valence-electron chi connectivity index (χ1n) is 27.5. The highest BCUT2D eigenvalue weighted by atomic mass is 32.1. The van der Waals surface area contributed by atoms with Crippen LogP contribution < -0.4 is 26.0 Å². The highest BCUT2D eigenvalue weighted by Crippen LogP contribution is 2.51. The van der Waals surface area contributed by atoms with Crippen molar-refractivity contribution in [1.82, 2.24) is 9.13 Å². The zero-order chi connectivity index (χ0) is 52.2. The predicted molar refractivity (Wildman–Crippen MR) is 329 cm³/mol. The van der Waals surface area contributed by atoms with Gasteiger partial charge in [0.15, 0.2) is 0 Å². The number of para-hydroxylation sites is 2. The molecule has 9 aromatic carbocycles. The van der Waals surface area contributed by atoms with Gasteiger partial charge in [-0.3, -0.25) is 0 Å². The van der Waals surface area contributed by atoms with Crippen molar-refractivity contribution >= 4 is 115 Å². The van der Waals surface area contributed by atoms with Crippen LogP contribution in [0.15, 0.2) is 170 Å². The number of unbranched alkanes of at least 4 members (excludes halogenated alkanes) is 1. The topological polar surface area (TPSA) is 22.3 Å². The highest BCUT2D eigenvalue weighted by Gasteiger charge is 2.44. The number of anilines is 3. The van der Waals surface area contributed by atoms with E-state index in [1.807, 2.05) is 11.3 Å². The van der Waals surface area contributed by atoms with E-state index in [4.69, 9.17) is 4.74 Å². The molecular formula is C70H64BN3OS.